The van der Waals surface area contributed by atoms with Gasteiger partial charge in [0.05, 0.1) is 6.61 Å². The summed E-state index contributed by atoms with van der Waals surface area (Å²) in [7, 11) is 0. The molecule has 0 unspecified atom stereocenters. The van der Waals surface area contributed by atoms with E-state index in [1.807, 2.05) is 0 Å². The van der Waals surface area contributed by atoms with Crippen LogP contribution in [-0.4, -0.2) is 13.2 Å². The van der Waals surface area contributed by atoms with Crippen molar-refractivity contribution in [3.05, 3.63) is 29.3 Å². The van der Waals surface area contributed by atoms with Crippen LogP contribution in [0.4, 0.5) is 0 Å². The van der Waals surface area contributed by atoms with Crippen molar-refractivity contribution in [2.75, 3.05) is 13.2 Å². The Morgan fingerprint density at radius 2 is 2.29 bits per heavy atom. The molecule has 0 amide bonds. The van der Waals surface area contributed by atoms with E-state index in [1.54, 1.807) is 0 Å². The van der Waals surface area contributed by atoms with Crippen LogP contribution in [0.5, 0.6) is 5.75 Å². The second-order valence-electron chi connectivity index (χ2n) is 3.71. The number of hydrogen-bond donors (Lipinski definition) is 1. The van der Waals surface area contributed by atoms with E-state index >= 15 is 0 Å². The highest BCUT2D eigenvalue weighted by Gasteiger charge is 2.08. The maximum absolute atomic E-state index is 5.60. The van der Waals surface area contributed by atoms with Gasteiger partial charge in [0.25, 0.3) is 0 Å². The van der Waals surface area contributed by atoms with E-state index in [2.05, 4.69) is 30.4 Å². The smallest absolute Gasteiger partial charge is 0.119 e. The van der Waals surface area contributed by atoms with Crippen LogP contribution in [0.3, 0.4) is 0 Å². The molecule has 1 heterocycles. The Hall–Kier alpha value is -1.02. The molecule has 2 rings (SSSR count). The standard InChI is InChI=1S/C12H17NO/c1-2-7-14-12-4-3-11-9-13-6-5-10(11)8-12/h3-4,8,13H,2,5-7,9H2,1H3. The first-order chi connectivity index (χ1) is 6.90. The Balaban J connectivity index is 2.12. The molecule has 1 N–H and O–H groups in total. The van der Waals surface area contributed by atoms with Gasteiger partial charge in [0.1, 0.15) is 5.75 Å². The number of hydrogen-bond acceptors (Lipinski definition) is 2. The molecule has 0 saturated carbocycles. The highest BCUT2D eigenvalue weighted by Crippen LogP contribution is 2.20. The monoisotopic (exact) mass is 191 g/mol. The van der Waals surface area contributed by atoms with Crippen molar-refractivity contribution in [2.24, 2.45) is 0 Å². The number of benzene rings is 1. The van der Waals surface area contributed by atoms with Crippen LogP contribution < -0.4 is 10.1 Å². The summed E-state index contributed by atoms with van der Waals surface area (Å²) in [5, 5.41) is 3.36. The normalized spacial score (nSPS) is 14.9. The summed E-state index contributed by atoms with van der Waals surface area (Å²) in [6.45, 7) is 5.03. The average Bonchev–Trinajstić information content (AvgIpc) is 2.26. The van der Waals surface area contributed by atoms with Gasteiger partial charge in [0.2, 0.25) is 0 Å². The minimum absolute atomic E-state index is 0.817. The molecule has 0 saturated heterocycles. The largest absolute Gasteiger partial charge is 0.494 e. The Morgan fingerprint density at radius 1 is 1.36 bits per heavy atom. The van der Waals surface area contributed by atoms with Gasteiger partial charge >= 0.3 is 0 Å². The Morgan fingerprint density at radius 3 is 3.14 bits per heavy atom. The van der Waals surface area contributed by atoms with Crippen LogP contribution >= 0.6 is 0 Å². The summed E-state index contributed by atoms with van der Waals surface area (Å²) >= 11 is 0. The summed E-state index contributed by atoms with van der Waals surface area (Å²) < 4.78 is 5.60. The van der Waals surface area contributed by atoms with E-state index < -0.39 is 0 Å². The summed E-state index contributed by atoms with van der Waals surface area (Å²) in [6, 6.07) is 6.43. The van der Waals surface area contributed by atoms with Crippen LogP contribution in [0.1, 0.15) is 24.5 Å². The molecule has 0 fully saturated rings. The quantitative estimate of drug-likeness (QED) is 0.790. The molecule has 0 radical (unpaired) electrons. The lowest BCUT2D eigenvalue weighted by Crippen LogP contribution is -2.23. The lowest BCUT2D eigenvalue weighted by atomic mass is 10.0. The van der Waals surface area contributed by atoms with E-state index in [-0.39, 0.29) is 0 Å². The van der Waals surface area contributed by atoms with Gasteiger partial charge in [-0.25, -0.2) is 0 Å². The van der Waals surface area contributed by atoms with Crippen LogP contribution in [0, 0.1) is 0 Å². The summed E-state index contributed by atoms with van der Waals surface area (Å²) in [5.74, 6) is 1.02. The van der Waals surface area contributed by atoms with Crippen LogP contribution in [0.15, 0.2) is 18.2 Å². The average molecular weight is 191 g/mol. The predicted molar refractivity (Wildman–Crippen MR) is 57.6 cm³/mol. The second-order valence-corrected chi connectivity index (χ2v) is 3.71. The van der Waals surface area contributed by atoms with Gasteiger partial charge in [-0.2, -0.15) is 0 Å². The third kappa shape index (κ3) is 2.07. The molecule has 0 atom stereocenters. The number of rotatable bonds is 3. The van der Waals surface area contributed by atoms with Gasteiger partial charge in [-0.05, 0) is 42.6 Å². The van der Waals surface area contributed by atoms with Crippen LogP contribution in [0.2, 0.25) is 0 Å². The lowest BCUT2D eigenvalue weighted by molar-refractivity contribution is 0.317. The fourth-order valence-electron chi connectivity index (χ4n) is 1.76. The van der Waals surface area contributed by atoms with Gasteiger partial charge < -0.3 is 10.1 Å². The van der Waals surface area contributed by atoms with Gasteiger partial charge in [0, 0.05) is 6.54 Å². The number of nitrogens with one attached hydrogen (secondary N) is 1. The molecule has 0 bridgehead atoms. The van der Waals surface area contributed by atoms with Crippen molar-refractivity contribution in [3.8, 4) is 5.75 Å². The van der Waals surface area contributed by atoms with Crippen molar-refractivity contribution in [3.63, 3.8) is 0 Å². The third-order valence-corrected chi connectivity index (χ3v) is 2.54. The molecule has 1 aromatic carbocycles. The van der Waals surface area contributed by atoms with E-state index in [4.69, 9.17) is 4.74 Å². The zero-order chi connectivity index (χ0) is 9.80. The van der Waals surface area contributed by atoms with Crippen LogP contribution in [0.25, 0.3) is 0 Å². The predicted octanol–water partition coefficient (Wildman–Crippen LogP) is 2.12. The lowest BCUT2D eigenvalue weighted by Gasteiger charge is -2.17. The molecule has 76 valence electrons. The summed E-state index contributed by atoms with van der Waals surface area (Å²) in [5.41, 5.74) is 2.86. The van der Waals surface area contributed by atoms with E-state index in [9.17, 15) is 0 Å². The van der Waals surface area contributed by atoms with Crippen molar-refractivity contribution in [1.29, 1.82) is 0 Å². The zero-order valence-electron chi connectivity index (χ0n) is 8.68. The Labute approximate surface area is 85.3 Å². The molecule has 1 aliphatic rings. The highest BCUT2D eigenvalue weighted by atomic mass is 16.5. The Bertz CT molecular complexity index is 309. The topological polar surface area (TPSA) is 21.3 Å². The van der Waals surface area contributed by atoms with Crippen LogP contribution in [-0.2, 0) is 13.0 Å². The minimum atomic E-state index is 0.817. The Kier molecular flexibility index (Phi) is 3.04. The van der Waals surface area contributed by atoms with Crippen molar-refractivity contribution in [1.82, 2.24) is 5.32 Å². The number of fused-ring (bicyclic) bond motifs is 1. The fraction of sp³-hybridized carbons (Fsp3) is 0.500. The van der Waals surface area contributed by atoms with Gasteiger partial charge in [-0.15, -0.1) is 0 Å². The van der Waals surface area contributed by atoms with E-state index in [0.29, 0.717) is 0 Å². The zero-order valence-corrected chi connectivity index (χ0v) is 8.68. The second kappa shape index (κ2) is 4.47. The van der Waals surface area contributed by atoms with E-state index in [0.717, 1.165) is 38.3 Å². The maximum atomic E-state index is 5.60. The van der Waals surface area contributed by atoms with Crippen molar-refractivity contribution >= 4 is 0 Å². The fourth-order valence-corrected chi connectivity index (χ4v) is 1.76. The van der Waals surface area contributed by atoms with Crippen molar-refractivity contribution in [2.45, 2.75) is 26.3 Å². The highest BCUT2D eigenvalue weighted by molar-refractivity contribution is 5.37. The molecule has 0 aromatic heterocycles. The molecular formula is C12H17NO. The number of ether oxygens (including phenoxy) is 1. The molecule has 14 heavy (non-hydrogen) atoms. The SMILES string of the molecule is CCCOc1ccc2c(c1)CCNC2. The van der Waals surface area contributed by atoms with E-state index in [1.165, 1.54) is 11.1 Å². The third-order valence-electron chi connectivity index (χ3n) is 2.54. The van der Waals surface area contributed by atoms with Gasteiger partial charge in [-0.1, -0.05) is 13.0 Å². The molecule has 1 aromatic rings. The first-order valence-electron chi connectivity index (χ1n) is 5.35. The minimum Gasteiger partial charge on any atom is -0.494 e. The molecule has 0 spiro atoms. The summed E-state index contributed by atoms with van der Waals surface area (Å²) in [4.78, 5) is 0. The first-order valence-corrected chi connectivity index (χ1v) is 5.35. The maximum Gasteiger partial charge on any atom is 0.119 e. The molecule has 2 nitrogen and oxygen atoms in total. The summed E-state index contributed by atoms with van der Waals surface area (Å²) in [6.07, 6.45) is 2.19. The van der Waals surface area contributed by atoms with Gasteiger partial charge in [0.15, 0.2) is 0 Å². The molecule has 0 aliphatic carbocycles. The molecule has 2 heteroatoms. The van der Waals surface area contributed by atoms with Gasteiger partial charge in [-0.3, -0.25) is 0 Å². The molecular weight excluding hydrogens is 174 g/mol. The molecule has 1 aliphatic heterocycles. The first kappa shape index (κ1) is 9.53. The van der Waals surface area contributed by atoms with Crippen molar-refractivity contribution < 1.29 is 4.74 Å².